The molecule has 1 aromatic heterocycles. The van der Waals surface area contributed by atoms with Gasteiger partial charge in [0.05, 0.1) is 35.2 Å². The van der Waals surface area contributed by atoms with Crippen molar-refractivity contribution in [1.29, 1.82) is 0 Å². The minimum absolute atomic E-state index is 0.115. The molecule has 1 aromatic carbocycles. The SMILES string of the molecule is CCOC(=O)C1=C(CSc2nc3ccccc3c(=O)n2CCCOC(C)C)NC(=O)NC1C. The van der Waals surface area contributed by atoms with Crippen LogP contribution >= 0.6 is 11.8 Å². The molecule has 9 nitrogen and oxygen atoms in total. The minimum atomic E-state index is -0.492. The van der Waals surface area contributed by atoms with E-state index in [9.17, 15) is 14.4 Å². The van der Waals surface area contributed by atoms with Gasteiger partial charge in [-0.1, -0.05) is 23.9 Å². The fourth-order valence-corrected chi connectivity index (χ4v) is 4.52. The van der Waals surface area contributed by atoms with E-state index < -0.39 is 12.0 Å². The lowest BCUT2D eigenvalue weighted by molar-refractivity contribution is -0.138. The lowest BCUT2D eigenvalue weighted by atomic mass is 10.1. The quantitative estimate of drug-likeness (QED) is 0.236. The van der Waals surface area contributed by atoms with Gasteiger partial charge in [-0.05, 0) is 46.2 Å². The highest BCUT2D eigenvalue weighted by molar-refractivity contribution is 7.99. The largest absolute Gasteiger partial charge is 0.463 e. The van der Waals surface area contributed by atoms with Crippen molar-refractivity contribution in [2.45, 2.75) is 58.0 Å². The number of hydrogen-bond donors (Lipinski definition) is 2. The van der Waals surface area contributed by atoms with Crippen molar-refractivity contribution in [1.82, 2.24) is 20.2 Å². The molecule has 0 fully saturated rings. The number of nitrogens with one attached hydrogen (secondary N) is 2. The third kappa shape index (κ3) is 6.14. The van der Waals surface area contributed by atoms with Gasteiger partial charge in [0.2, 0.25) is 0 Å². The Morgan fingerprint density at radius 3 is 2.76 bits per heavy atom. The Bertz CT molecular complexity index is 1110. The van der Waals surface area contributed by atoms with Crippen LogP contribution in [-0.2, 0) is 20.8 Å². The van der Waals surface area contributed by atoms with E-state index in [0.717, 1.165) is 0 Å². The Labute approximate surface area is 196 Å². The van der Waals surface area contributed by atoms with Crippen molar-refractivity contribution in [3.63, 3.8) is 0 Å². The van der Waals surface area contributed by atoms with Crippen molar-refractivity contribution in [2.24, 2.45) is 0 Å². The number of para-hydroxylation sites is 1. The van der Waals surface area contributed by atoms with Crippen molar-refractivity contribution < 1.29 is 19.1 Å². The standard InChI is InChI=1S/C23H30N4O5S/c1-5-31-21(29)19-15(4)24-22(30)25-18(19)13-33-23-26-17-10-7-6-9-16(17)20(28)27(23)11-8-12-32-14(2)3/h6-7,9-10,14-15H,5,8,11-13H2,1-4H3,(H2,24,25,30). The summed E-state index contributed by atoms with van der Waals surface area (Å²) in [6.07, 6.45) is 0.768. The molecular formula is C23H30N4O5S. The number of rotatable bonds is 10. The number of esters is 1. The molecule has 1 aliphatic heterocycles. The molecule has 0 saturated carbocycles. The molecule has 2 heterocycles. The first kappa shape index (κ1) is 24.8. The molecule has 3 rings (SSSR count). The van der Waals surface area contributed by atoms with Gasteiger partial charge in [-0.25, -0.2) is 14.6 Å². The summed E-state index contributed by atoms with van der Waals surface area (Å²) in [5.74, 6) is -0.234. The van der Waals surface area contributed by atoms with Crippen LogP contribution in [0.15, 0.2) is 45.5 Å². The summed E-state index contributed by atoms with van der Waals surface area (Å²) in [7, 11) is 0. The molecule has 0 saturated heterocycles. The number of carbonyl (C=O) groups excluding carboxylic acids is 2. The van der Waals surface area contributed by atoms with Gasteiger partial charge in [0.1, 0.15) is 0 Å². The average Bonchev–Trinajstić information content (AvgIpc) is 2.76. The molecule has 33 heavy (non-hydrogen) atoms. The number of carbonyl (C=O) groups is 2. The summed E-state index contributed by atoms with van der Waals surface area (Å²) in [4.78, 5) is 42.4. The smallest absolute Gasteiger partial charge is 0.337 e. The number of amides is 2. The van der Waals surface area contributed by atoms with Gasteiger partial charge >= 0.3 is 12.0 Å². The second-order valence-corrected chi connectivity index (χ2v) is 8.81. The first-order valence-corrected chi connectivity index (χ1v) is 12.0. The Morgan fingerprint density at radius 2 is 2.03 bits per heavy atom. The lowest BCUT2D eigenvalue weighted by Crippen LogP contribution is -2.49. The summed E-state index contributed by atoms with van der Waals surface area (Å²) in [6, 6.07) is 6.32. The van der Waals surface area contributed by atoms with E-state index in [-0.39, 0.29) is 30.1 Å². The van der Waals surface area contributed by atoms with E-state index in [1.54, 1.807) is 30.5 Å². The van der Waals surface area contributed by atoms with Crippen molar-refractivity contribution in [3.05, 3.63) is 45.9 Å². The summed E-state index contributed by atoms with van der Waals surface area (Å²) in [5.41, 5.74) is 1.28. The second kappa shape index (κ2) is 11.3. The van der Waals surface area contributed by atoms with Gasteiger partial charge in [-0.2, -0.15) is 0 Å². The third-order valence-electron chi connectivity index (χ3n) is 5.01. The molecular weight excluding hydrogens is 444 g/mol. The fourth-order valence-electron chi connectivity index (χ4n) is 3.53. The van der Waals surface area contributed by atoms with E-state index >= 15 is 0 Å². The first-order chi connectivity index (χ1) is 15.8. The van der Waals surface area contributed by atoms with Crippen LogP contribution in [0.4, 0.5) is 4.79 Å². The highest BCUT2D eigenvalue weighted by Crippen LogP contribution is 2.24. The predicted molar refractivity (Wildman–Crippen MR) is 127 cm³/mol. The zero-order valence-corrected chi connectivity index (χ0v) is 20.2. The van der Waals surface area contributed by atoms with Gasteiger partial charge in [-0.3, -0.25) is 9.36 Å². The van der Waals surface area contributed by atoms with E-state index in [4.69, 9.17) is 14.5 Å². The molecule has 0 aliphatic carbocycles. The fraction of sp³-hybridized carbons (Fsp3) is 0.478. The molecule has 0 bridgehead atoms. The number of benzene rings is 1. The Kier molecular flexibility index (Phi) is 8.51. The van der Waals surface area contributed by atoms with Crippen LogP contribution in [0.25, 0.3) is 10.9 Å². The predicted octanol–water partition coefficient (Wildman–Crippen LogP) is 2.82. The molecule has 10 heteroatoms. The van der Waals surface area contributed by atoms with Crippen molar-refractivity contribution in [3.8, 4) is 0 Å². The van der Waals surface area contributed by atoms with E-state index in [1.165, 1.54) is 11.8 Å². The number of urea groups is 1. The van der Waals surface area contributed by atoms with Crippen LogP contribution in [0.1, 0.15) is 34.1 Å². The second-order valence-electron chi connectivity index (χ2n) is 7.86. The highest BCUT2D eigenvalue weighted by atomic mass is 32.2. The number of thioether (sulfide) groups is 1. The normalized spacial score (nSPS) is 16.2. The van der Waals surface area contributed by atoms with Crippen molar-refractivity contribution >= 4 is 34.7 Å². The minimum Gasteiger partial charge on any atom is -0.463 e. The van der Waals surface area contributed by atoms with Crippen molar-refractivity contribution in [2.75, 3.05) is 19.0 Å². The zero-order valence-electron chi connectivity index (χ0n) is 19.3. The number of hydrogen-bond acceptors (Lipinski definition) is 7. The van der Waals surface area contributed by atoms with Gasteiger partial charge in [0.15, 0.2) is 5.16 Å². The number of fused-ring (bicyclic) bond motifs is 1. The topological polar surface area (TPSA) is 112 Å². The van der Waals surface area contributed by atoms with Gasteiger partial charge in [-0.15, -0.1) is 0 Å². The zero-order chi connectivity index (χ0) is 24.0. The van der Waals surface area contributed by atoms with Crippen LogP contribution < -0.4 is 16.2 Å². The monoisotopic (exact) mass is 474 g/mol. The molecule has 0 radical (unpaired) electrons. The summed E-state index contributed by atoms with van der Waals surface area (Å²) >= 11 is 1.29. The average molecular weight is 475 g/mol. The maximum Gasteiger partial charge on any atom is 0.337 e. The molecule has 178 valence electrons. The molecule has 1 aliphatic rings. The van der Waals surface area contributed by atoms with Gasteiger partial charge < -0.3 is 20.1 Å². The van der Waals surface area contributed by atoms with Crippen LogP contribution in [0, 0.1) is 0 Å². The Morgan fingerprint density at radius 1 is 1.27 bits per heavy atom. The first-order valence-electron chi connectivity index (χ1n) is 11.0. The van der Waals surface area contributed by atoms with Gasteiger partial charge in [0.25, 0.3) is 5.56 Å². The van der Waals surface area contributed by atoms with Gasteiger partial charge in [0, 0.05) is 24.6 Å². The summed E-state index contributed by atoms with van der Waals surface area (Å²) in [6.45, 7) is 8.59. The van der Waals surface area contributed by atoms with Crippen LogP contribution in [-0.4, -0.2) is 52.7 Å². The van der Waals surface area contributed by atoms with Crippen LogP contribution in [0.3, 0.4) is 0 Å². The summed E-state index contributed by atoms with van der Waals surface area (Å²) in [5, 5.41) is 6.45. The van der Waals surface area contributed by atoms with E-state index in [1.807, 2.05) is 26.0 Å². The highest BCUT2D eigenvalue weighted by Gasteiger charge is 2.30. The Hall–Kier alpha value is -2.85. The van der Waals surface area contributed by atoms with E-state index in [0.29, 0.717) is 46.9 Å². The van der Waals surface area contributed by atoms with E-state index in [2.05, 4.69) is 10.6 Å². The number of nitrogens with zero attached hydrogens (tertiary/aromatic N) is 2. The molecule has 2 aromatic rings. The van der Waals surface area contributed by atoms with Crippen LogP contribution in [0.2, 0.25) is 0 Å². The maximum atomic E-state index is 13.2. The van der Waals surface area contributed by atoms with Crippen LogP contribution in [0.5, 0.6) is 0 Å². The molecule has 1 atom stereocenters. The molecule has 1 unspecified atom stereocenters. The lowest BCUT2D eigenvalue weighted by Gasteiger charge is -2.26. The molecule has 2 N–H and O–H groups in total. The molecule has 0 spiro atoms. The Balaban J connectivity index is 1.92. The number of aromatic nitrogens is 2. The maximum absolute atomic E-state index is 13.2. The molecule has 2 amide bonds. The number of ether oxygens (including phenoxy) is 2. The third-order valence-corrected chi connectivity index (χ3v) is 6.02. The summed E-state index contributed by atoms with van der Waals surface area (Å²) < 4.78 is 12.4.